The third kappa shape index (κ3) is 5.46. The largest absolute Gasteiger partial charge is 0.481 e. The summed E-state index contributed by atoms with van der Waals surface area (Å²) in [7, 11) is -2.39. The van der Waals surface area contributed by atoms with Crippen molar-refractivity contribution in [3.8, 4) is 5.88 Å². The average molecular weight is 439 g/mol. The van der Waals surface area contributed by atoms with Crippen LogP contribution in [0.5, 0.6) is 5.88 Å². The van der Waals surface area contributed by atoms with Crippen molar-refractivity contribution in [1.29, 1.82) is 0 Å². The van der Waals surface area contributed by atoms with Crippen LogP contribution in [0.25, 0.3) is 0 Å². The molecule has 0 fully saturated rings. The monoisotopic (exact) mass is 438 g/mol. The highest BCUT2D eigenvalue weighted by atomic mass is 32.2. The van der Waals surface area contributed by atoms with Gasteiger partial charge in [0.1, 0.15) is 0 Å². The van der Waals surface area contributed by atoms with Crippen LogP contribution in [-0.2, 0) is 10.0 Å². The predicted octanol–water partition coefficient (Wildman–Crippen LogP) is 3.27. The molecule has 0 bridgehead atoms. The van der Waals surface area contributed by atoms with Crippen molar-refractivity contribution < 1.29 is 17.9 Å². The third-order valence-corrected chi connectivity index (χ3v) is 5.76. The van der Waals surface area contributed by atoms with Gasteiger partial charge >= 0.3 is 0 Å². The Balaban J connectivity index is 1.75. The van der Waals surface area contributed by atoms with Gasteiger partial charge in [-0.05, 0) is 55.8 Å². The highest BCUT2D eigenvalue weighted by molar-refractivity contribution is 7.92. The van der Waals surface area contributed by atoms with Crippen LogP contribution in [0.2, 0.25) is 0 Å². The first-order valence-electron chi connectivity index (χ1n) is 9.33. The molecule has 0 radical (unpaired) electrons. The first-order chi connectivity index (χ1) is 14.8. The molecule has 0 aliphatic heterocycles. The molecule has 31 heavy (non-hydrogen) atoms. The maximum absolute atomic E-state index is 12.8. The van der Waals surface area contributed by atoms with Crippen LogP contribution < -0.4 is 14.9 Å². The van der Waals surface area contributed by atoms with E-state index in [0.29, 0.717) is 17.1 Å². The van der Waals surface area contributed by atoms with Crippen molar-refractivity contribution in [3.63, 3.8) is 0 Å². The number of aromatic nitrogens is 1. The van der Waals surface area contributed by atoms with E-state index in [1.165, 1.54) is 37.6 Å². The molecule has 1 amide bonds. The van der Waals surface area contributed by atoms with Crippen molar-refractivity contribution in [3.05, 3.63) is 83.0 Å². The van der Waals surface area contributed by atoms with Crippen LogP contribution in [0.15, 0.2) is 70.8 Å². The number of amides is 1. The SMILES string of the molecule is COc1ncccc1/C=N/NC(=O)c1cccc(S(=O)(=O)Nc2ccc(C)cc2C)c1. The number of hydrazone groups is 1. The van der Waals surface area contributed by atoms with E-state index in [-0.39, 0.29) is 10.5 Å². The molecule has 1 heterocycles. The molecule has 0 atom stereocenters. The van der Waals surface area contributed by atoms with E-state index >= 15 is 0 Å². The quantitative estimate of drug-likeness (QED) is 0.435. The average Bonchev–Trinajstić information content (AvgIpc) is 2.76. The van der Waals surface area contributed by atoms with Gasteiger partial charge in [0.2, 0.25) is 5.88 Å². The number of carbonyl (C=O) groups excluding carboxylic acids is 1. The fourth-order valence-corrected chi connectivity index (χ4v) is 4.01. The van der Waals surface area contributed by atoms with Gasteiger partial charge < -0.3 is 4.74 Å². The second-order valence-corrected chi connectivity index (χ2v) is 8.44. The molecular weight excluding hydrogens is 416 g/mol. The number of carbonyl (C=O) groups is 1. The molecule has 0 saturated heterocycles. The number of aryl methyl sites for hydroxylation is 2. The number of anilines is 1. The van der Waals surface area contributed by atoms with E-state index in [9.17, 15) is 13.2 Å². The Morgan fingerprint density at radius 2 is 1.90 bits per heavy atom. The summed E-state index contributed by atoms with van der Waals surface area (Å²) in [6.07, 6.45) is 2.97. The molecule has 2 aromatic carbocycles. The van der Waals surface area contributed by atoms with Crippen LogP contribution in [-0.4, -0.2) is 32.6 Å². The zero-order valence-corrected chi connectivity index (χ0v) is 18.1. The van der Waals surface area contributed by atoms with E-state index < -0.39 is 15.9 Å². The Labute approximate surface area is 181 Å². The summed E-state index contributed by atoms with van der Waals surface area (Å²) in [5.74, 6) is -0.186. The number of nitrogens with one attached hydrogen (secondary N) is 2. The lowest BCUT2D eigenvalue weighted by atomic mass is 10.1. The summed E-state index contributed by atoms with van der Waals surface area (Å²) in [4.78, 5) is 16.4. The van der Waals surface area contributed by atoms with Crippen LogP contribution in [0, 0.1) is 13.8 Å². The Hall–Kier alpha value is -3.72. The van der Waals surface area contributed by atoms with Crippen LogP contribution in [0.4, 0.5) is 5.69 Å². The number of sulfonamides is 1. The van der Waals surface area contributed by atoms with Crippen molar-refractivity contribution in [2.45, 2.75) is 18.7 Å². The number of pyridine rings is 1. The van der Waals surface area contributed by atoms with E-state index in [1.807, 2.05) is 26.0 Å². The smallest absolute Gasteiger partial charge is 0.271 e. The molecular formula is C22H22N4O4S. The standard InChI is InChI=1S/C22H22N4O4S/c1-15-9-10-20(16(2)12-15)26-31(28,29)19-8-4-6-17(13-19)21(27)25-24-14-18-7-5-11-23-22(18)30-3/h4-14,26H,1-3H3,(H,25,27)/b24-14+. The molecule has 0 unspecified atom stereocenters. The zero-order chi connectivity index (χ0) is 22.4. The van der Waals surface area contributed by atoms with Gasteiger partial charge in [-0.1, -0.05) is 23.8 Å². The van der Waals surface area contributed by atoms with Crippen LogP contribution >= 0.6 is 0 Å². The van der Waals surface area contributed by atoms with Crippen molar-refractivity contribution in [1.82, 2.24) is 10.4 Å². The molecule has 0 aliphatic rings. The lowest BCUT2D eigenvalue weighted by molar-refractivity contribution is 0.0955. The minimum absolute atomic E-state index is 0.0296. The highest BCUT2D eigenvalue weighted by Crippen LogP contribution is 2.21. The van der Waals surface area contributed by atoms with Crippen molar-refractivity contribution >= 4 is 27.8 Å². The lowest BCUT2D eigenvalue weighted by Crippen LogP contribution is -2.19. The van der Waals surface area contributed by atoms with Gasteiger partial charge in [0.25, 0.3) is 15.9 Å². The number of benzene rings is 2. The van der Waals surface area contributed by atoms with Crippen LogP contribution in [0.3, 0.4) is 0 Å². The molecule has 2 N–H and O–H groups in total. The Bertz CT molecular complexity index is 1240. The van der Waals surface area contributed by atoms with Crippen molar-refractivity contribution in [2.75, 3.05) is 11.8 Å². The lowest BCUT2D eigenvalue weighted by Gasteiger charge is -2.12. The van der Waals surface area contributed by atoms with Gasteiger partial charge in [0.15, 0.2) is 0 Å². The van der Waals surface area contributed by atoms with Gasteiger partial charge in [-0.15, -0.1) is 0 Å². The molecule has 160 valence electrons. The van der Waals surface area contributed by atoms with Gasteiger partial charge in [0.05, 0.1) is 29.5 Å². The first kappa shape index (κ1) is 22.0. The molecule has 9 heteroatoms. The van der Waals surface area contributed by atoms with Gasteiger partial charge in [0, 0.05) is 11.8 Å². The second-order valence-electron chi connectivity index (χ2n) is 6.75. The number of rotatable bonds is 7. The van der Waals surface area contributed by atoms with Gasteiger partial charge in [-0.3, -0.25) is 9.52 Å². The fraction of sp³-hybridized carbons (Fsp3) is 0.136. The van der Waals surface area contributed by atoms with E-state index in [0.717, 1.165) is 11.1 Å². The number of hydrogen-bond acceptors (Lipinski definition) is 6. The summed E-state index contributed by atoms with van der Waals surface area (Å²) < 4.78 is 33.3. The summed E-state index contributed by atoms with van der Waals surface area (Å²) in [5.41, 5.74) is 5.43. The Morgan fingerprint density at radius 3 is 2.65 bits per heavy atom. The maximum atomic E-state index is 12.8. The molecule has 0 saturated carbocycles. The normalized spacial score (nSPS) is 11.3. The van der Waals surface area contributed by atoms with E-state index in [2.05, 4.69) is 20.2 Å². The maximum Gasteiger partial charge on any atom is 0.271 e. The Kier molecular flexibility index (Phi) is 6.66. The minimum atomic E-state index is -3.87. The molecule has 8 nitrogen and oxygen atoms in total. The summed E-state index contributed by atoms with van der Waals surface area (Å²) >= 11 is 0. The van der Waals surface area contributed by atoms with Crippen molar-refractivity contribution in [2.24, 2.45) is 5.10 Å². The third-order valence-electron chi connectivity index (χ3n) is 4.40. The predicted molar refractivity (Wildman–Crippen MR) is 119 cm³/mol. The summed E-state index contributed by atoms with van der Waals surface area (Å²) in [6, 6.07) is 14.6. The molecule has 0 aliphatic carbocycles. The summed E-state index contributed by atoms with van der Waals surface area (Å²) in [5, 5.41) is 3.90. The molecule has 3 aromatic rings. The molecule has 3 rings (SSSR count). The number of methoxy groups -OCH3 is 1. The topological polar surface area (TPSA) is 110 Å². The first-order valence-corrected chi connectivity index (χ1v) is 10.8. The number of hydrogen-bond donors (Lipinski definition) is 2. The molecule has 1 aromatic heterocycles. The minimum Gasteiger partial charge on any atom is -0.481 e. The zero-order valence-electron chi connectivity index (χ0n) is 17.3. The number of nitrogens with zero attached hydrogens (tertiary/aromatic N) is 2. The van der Waals surface area contributed by atoms with Gasteiger partial charge in [-0.25, -0.2) is 18.8 Å². The fourth-order valence-electron chi connectivity index (χ4n) is 2.83. The highest BCUT2D eigenvalue weighted by Gasteiger charge is 2.17. The number of ether oxygens (including phenoxy) is 1. The van der Waals surface area contributed by atoms with E-state index in [1.54, 1.807) is 24.4 Å². The summed E-state index contributed by atoms with van der Waals surface area (Å²) in [6.45, 7) is 3.75. The van der Waals surface area contributed by atoms with E-state index in [4.69, 9.17) is 4.74 Å². The Morgan fingerprint density at radius 1 is 1.10 bits per heavy atom. The molecule has 0 spiro atoms. The van der Waals surface area contributed by atoms with Gasteiger partial charge in [-0.2, -0.15) is 5.10 Å². The van der Waals surface area contributed by atoms with Crippen LogP contribution in [0.1, 0.15) is 27.0 Å². The second kappa shape index (κ2) is 9.40.